The molecule has 1 atom stereocenters. The minimum absolute atomic E-state index is 0.123. The lowest BCUT2D eigenvalue weighted by Gasteiger charge is -2.27. The van der Waals surface area contributed by atoms with Crippen LogP contribution in [0.1, 0.15) is 42.6 Å². The highest BCUT2D eigenvalue weighted by atomic mass is 32.1. The molecule has 0 aromatic carbocycles. The van der Waals surface area contributed by atoms with E-state index in [1.165, 1.54) is 16.2 Å². The van der Waals surface area contributed by atoms with Crippen molar-refractivity contribution in [1.29, 1.82) is 0 Å². The van der Waals surface area contributed by atoms with E-state index < -0.39 is 12.0 Å². The lowest BCUT2D eigenvalue weighted by atomic mass is 10.1. The summed E-state index contributed by atoms with van der Waals surface area (Å²) in [6.45, 7) is 7.99. The highest BCUT2D eigenvalue weighted by Crippen LogP contribution is 2.27. The quantitative estimate of drug-likeness (QED) is 0.713. The Labute approximate surface area is 162 Å². The van der Waals surface area contributed by atoms with Gasteiger partial charge in [0.25, 0.3) is 5.91 Å². The molecule has 2 heterocycles. The molecule has 9 heteroatoms. The van der Waals surface area contributed by atoms with Gasteiger partial charge in [-0.1, -0.05) is 13.8 Å². The number of carboxylic acids is 1. The number of hydrogen-bond acceptors (Lipinski definition) is 5. The smallest absolute Gasteiger partial charge is 0.305 e. The molecule has 0 saturated carbocycles. The van der Waals surface area contributed by atoms with E-state index in [1.807, 2.05) is 27.8 Å². The van der Waals surface area contributed by atoms with Gasteiger partial charge in [-0.25, -0.2) is 0 Å². The van der Waals surface area contributed by atoms with Crippen LogP contribution in [0.5, 0.6) is 0 Å². The molecule has 0 spiro atoms. The summed E-state index contributed by atoms with van der Waals surface area (Å²) in [4.78, 5) is 39.0. The first-order chi connectivity index (χ1) is 12.6. The molecule has 2 N–H and O–H groups in total. The summed E-state index contributed by atoms with van der Waals surface area (Å²) in [7, 11) is 1.83. The number of aliphatic carboxylic acids is 1. The third-order valence-electron chi connectivity index (χ3n) is 4.13. The molecule has 0 aliphatic rings. The summed E-state index contributed by atoms with van der Waals surface area (Å²) < 4.78 is 1.73. The van der Waals surface area contributed by atoms with Crippen LogP contribution in [0.2, 0.25) is 0 Å². The zero-order chi connectivity index (χ0) is 20.3. The highest BCUT2D eigenvalue weighted by molar-refractivity contribution is 7.20. The van der Waals surface area contributed by atoms with Gasteiger partial charge in [-0.15, -0.1) is 11.3 Å². The van der Waals surface area contributed by atoms with Crippen LogP contribution in [0.25, 0.3) is 10.2 Å². The first-order valence-corrected chi connectivity index (χ1v) is 9.66. The van der Waals surface area contributed by atoms with E-state index in [0.29, 0.717) is 11.4 Å². The Morgan fingerprint density at radius 3 is 2.56 bits per heavy atom. The molecule has 148 valence electrons. The Kier molecular flexibility index (Phi) is 6.59. The lowest BCUT2D eigenvalue weighted by molar-refractivity contribution is -0.139. The molecule has 0 radical (unpaired) electrons. The number of thiophene rings is 1. The lowest BCUT2D eigenvalue weighted by Crippen LogP contribution is -2.48. The summed E-state index contributed by atoms with van der Waals surface area (Å²) >= 11 is 1.33. The summed E-state index contributed by atoms with van der Waals surface area (Å²) in [5.41, 5.74) is 0.851. The molecule has 8 nitrogen and oxygen atoms in total. The van der Waals surface area contributed by atoms with Gasteiger partial charge in [0.05, 0.1) is 17.0 Å². The van der Waals surface area contributed by atoms with Crippen LogP contribution < -0.4 is 5.32 Å². The number of nitrogens with zero attached hydrogens (tertiary/aromatic N) is 3. The SMILES string of the molecule is Cc1nn(C)c2sc(C(=O)NC(C)C(=O)N(CCC(=O)O)CC(C)C)cc12. The number of carbonyl (C=O) groups is 3. The van der Waals surface area contributed by atoms with Crippen LogP contribution in [-0.2, 0) is 16.6 Å². The maximum Gasteiger partial charge on any atom is 0.305 e. The molecule has 2 amide bonds. The molecular formula is C18H26N4O4S. The van der Waals surface area contributed by atoms with Gasteiger partial charge in [-0.3, -0.25) is 19.1 Å². The molecule has 0 saturated heterocycles. The largest absolute Gasteiger partial charge is 0.481 e. The second-order valence-electron chi connectivity index (χ2n) is 7.06. The van der Waals surface area contributed by atoms with Gasteiger partial charge in [-0.2, -0.15) is 5.10 Å². The number of rotatable bonds is 8. The van der Waals surface area contributed by atoms with Crippen molar-refractivity contribution in [3.05, 3.63) is 16.6 Å². The topological polar surface area (TPSA) is 105 Å². The highest BCUT2D eigenvalue weighted by Gasteiger charge is 2.24. The van der Waals surface area contributed by atoms with Crippen molar-refractivity contribution in [2.75, 3.05) is 13.1 Å². The van der Waals surface area contributed by atoms with E-state index in [4.69, 9.17) is 5.11 Å². The van der Waals surface area contributed by atoms with Gasteiger partial charge < -0.3 is 15.3 Å². The fourth-order valence-electron chi connectivity index (χ4n) is 2.88. The van der Waals surface area contributed by atoms with E-state index in [0.717, 1.165) is 15.9 Å². The number of amides is 2. The molecular weight excluding hydrogens is 368 g/mol. The molecule has 0 aliphatic heterocycles. The van der Waals surface area contributed by atoms with Gasteiger partial charge in [0.2, 0.25) is 5.91 Å². The fraction of sp³-hybridized carbons (Fsp3) is 0.556. The van der Waals surface area contributed by atoms with Crippen LogP contribution in [0.4, 0.5) is 0 Å². The molecule has 2 aromatic heterocycles. The first kappa shape index (κ1) is 20.9. The van der Waals surface area contributed by atoms with E-state index in [2.05, 4.69) is 10.4 Å². The normalized spacial score (nSPS) is 12.4. The van der Waals surface area contributed by atoms with Gasteiger partial charge in [0.15, 0.2) is 0 Å². The van der Waals surface area contributed by atoms with Crippen molar-refractivity contribution in [2.24, 2.45) is 13.0 Å². The Bertz CT molecular complexity index is 821. The van der Waals surface area contributed by atoms with Crippen molar-refractivity contribution in [3.8, 4) is 0 Å². The van der Waals surface area contributed by atoms with Crippen molar-refractivity contribution < 1.29 is 19.5 Å². The van der Waals surface area contributed by atoms with Crippen LogP contribution in [0.3, 0.4) is 0 Å². The average Bonchev–Trinajstić information content (AvgIpc) is 3.12. The minimum Gasteiger partial charge on any atom is -0.481 e. The average molecular weight is 394 g/mol. The van der Waals surface area contributed by atoms with Gasteiger partial charge in [0.1, 0.15) is 10.9 Å². The van der Waals surface area contributed by atoms with Crippen LogP contribution in [0.15, 0.2) is 6.07 Å². The zero-order valence-electron chi connectivity index (χ0n) is 16.3. The van der Waals surface area contributed by atoms with E-state index in [1.54, 1.807) is 17.7 Å². The predicted octanol–water partition coefficient (Wildman–Crippen LogP) is 2.02. The summed E-state index contributed by atoms with van der Waals surface area (Å²) in [5, 5.41) is 16.9. The molecule has 2 rings (SSSR count). The zero-order valence-corrected chi connectivity index (χ0v) is 17.1. The molecule has 2 aromatic rings. The van der Waals surface area contributed by atoms with Crippen molar-refractivity contribution in [3.63, 3.8) is 0 Å². The molecule has 0 fully saturated rings. The van der Waals surface area contributed by atoms with Crippen LogP contribution >= 0.6 is 11.3 Å². The van der Waals surface area contributed by atoms with E-state index in [-0.39, 0.29) is 30.7 Å². The third-order valence-corrected chi connectivity index (χ3v) is 5.33. The van der Waals surface area contributed by atoms with E-state index >= 15 is 0 Å². The number of aryl methyl sites for hydroxylation is 2. The summed E-state index contributed by atoms with van der Waals surface area (Å²) in [6.07, 6.45) is -0.123. The maximum atomic E-state index is 12.7. The molecule has 27 heavy (non-hydrogen) atoms. The maximum absolute atomic E-state index is 12.7. The molecule has 0 aliphatic carbocycles. The summed E-state index contributed by atoms with van der Waals surface area (Å²) in [6, 6.07) is 1.04. The second kappa shape index (κ2) is 8.51. The number of aromatic nitrogens is 2. The van der Waals surface area contributed by atoms with Crippen molar-refractivity contribution in [2.45, 2.75) is 40.2 Å². The third kappa shape index (κ3) is 5.06. The Hall–Kier alpha value is -2.42. The monoisotopic (exact) mass is 394 g/mol. The molecule has 0 bridgehead atoms. The number of carboxylic acid groups (broad SMARTS) is 1. The Morgan fingerprint density at radius 2 is 2.00 bits per heavy atom. The Morgan fingerprint density at radius 1 is 1.33 bits per heavy atom. The second-order valence-corrected chi connectivity index (χ2v) is 8.09. The number of fused-ring (bicyclic) bond motifs is 1. The fourth-order valence-corrected chi connectivity index (χ4v) is 3.91. The number of hydrogen-bond donors (Lipinski definition) is 2. The van der Waals surface area contributed by atoms with E-state index in [9.17, 15) is 14.4 Å². The van der Waals surface area contributed by atoms with Crippen LogP contribution in [0, 0.1) is 12.8 Å². The number of nitrogens with one attached hydrogen (secondary N) is 1. The van der Waals surface area contributed by atoms with Gasteiger partial charge in [-0.05, 0) is 25.8 Å². The van der Waals surface area contributed by atoms with Crippen molar-refractivity contribution >= 4 is 39.3 Å². The predicted molar refractivity (Wildman–Crippen MR) is 104 cm³/mol. The Balaban J connectivity index is 2.08. The molecule has 1 unspecified atom stereocenters. The van der Waals surface area contributed by atoms with Gasteiger partial charge >= 0.3 is 5.97 Å². The number of carbonyl (C=O) groups excluding carboxylic acids is 2. The van der Waals surface area contributed by atoms with Gasteiger partial charge in [0, 0.05) is 25.5 Å². The van der Waals surface area contributed by atoms with Crippen LogP contribution in [-0.4, -0.2) is 56.7 Å². The van der Waals surface area contributed by atoms with Crippen molar-refractivity contribution in [1.82, 2.24) is 20.0 Å². The first-order valence-electron chi connectivity index (χ1n) is 8.84. The minimum atomic E-state index is -0.956. The standard InChI is InChI=1S/C18H26N4O4S/c1-10(2)9-22(7-6-15(23)24)17(26)12(4)19-16(25)14-8-13-11(3)20-21(5)18(13)27-14/h8,10,12H,6-7,9H2,1-5H3,(H,19,25)(H,23,24). The summed E-state index contributed by atoms with van der Waals surface area (Å²) in [5.74, 6) is -1.36.